The number of fused-ring (bicyclic) bond motifs is 4. The van der Waals surface area contributed by atoms with Crippen molar-refractivity contribution in [1.29, 1.82) is 0 Å². The Hall–Kier alpha value is -0.870. The molecule has 5 fully saturated rings. The van der Waals surface area contributed by atoms with E-state index < -0.39 is 5.79 Å². The molecule has 6 aliphatic rings. The van der Waals surface area contributed by atoms with Crippen molar-refractivity contribution in [2.24, 2.45) is 22.7 Å². The van der Waals surface area contributed by atoms with Crippen molar-refractivity contribution < 1.29 is 19.0 Å². The maximum atomic E-state index is 12.2. The Bertz CT molecular complexity index is 723. The van der Waals surface area contributed by atoms with E-state index in [9.17, 15) is 4.79 Å². The predicted molar refractivity (Wildman–Crippen MR) is 86.0 cm³/mol. The van der Waals surface area contributed by atoms with Crippen LogP contribution in [0, 0.1) is 22.7 Å². The number of rotatable bonds is 0. The Labute approximate surface area is 142 Å². The smallest absolute Gasteiger partial charge is 0.336 e. The standard InChI is InChI=1S/C20H26O4/c1-10-12-14-19(22-14)9-6-11-17(2,3)7-5-8-18(11,4)13(19)15-20(12,23-15)24-16(10)21/h11,13-15H,5-9H2,1-4H3/t11-,13+,14-,15-,18-,19?,20-/m1/s1. The number of carbonyl (C=O) groups excluding carboxylic acids is 1. The summed E-state index contributed by atoms with van der Waals surface area (Å²) in [6.45, 7) is 9.22. The van der Waals surface area contributed by atoms with Crippen molar-refractivity contribution >= 4 is 5.97 Å². The molecule has 1 unspecified atom stereocenters. The molecule has 3 aliphatic carbocycles. The summed E-state index contributed by atoms with van der Waals surface area (Å²) in [5.74, 6) is 0.0886. The molecular weight excluding hydrogens is 304 g/mol. The number of carbonyl (C=O) groups is 1. The summed E-state index contributed by atoms with van der Waals surface area (Å²) in [4.78, 5) is 12.2. The second kappa shape index (κ2) is 3.64. The van der Waals surface area contributed by atoms with E-state index in [2.05, 4.69) is 20.8 Å². The molecule has 6 rings (SSSR count). The quantitative estimate of drug-likeness (QED) is 0.505. The van der Waals surface area contributed by atoms with Gasteiger partial charge < -0.3 is 14.2 Å². The minimum atomic E-state index is -0.761. The van der Waals surface area contributed by atoms with Crippen LogP contribution in [-0.4, -0.2) is 29.6 Å². The van der Waals surface area contributed by atoms with Crippen molar-refractivity contribution in [3.05, 3.63) is 11.1 Å². The van der Waals surface area contributed by atoms with Gasteiger partial charge in [0.15, 0.2) is 0 Å². The van der Waals surface area contributed by atoms with E-state index in [4.69, 9.17) is 14.2 Å². The van der Waals surface area contributed by atoms with E-state index in [0.29, 0.717) is 17.3 Å². The van der Waals surface area contributed by atoms with E-state index in [1.54, 1.807) is 0 Å². The summed E-state index contributed by atoms with van der Waals surface area (Å²) in [5, 5.41) is 0. The summed E-state index contributed by atoms with van der Waals surface area (Å²) in [6, 6.07) is 0. The van der Waals surface area contributed by atoms with Gasteiger partial charge in [-0.25, -0.2) is 4.79 Å². The van der Waals surface area contributed by atoms with Crippen LogP contribution in [0.1, 0.15) is 59.8 Å². The maximum Gasteiger partial charge on any atom is 0.336 e. The molecule has 3 aliphatic heterocycles. The highest BCUT2D eigenvalue weighted by Crippen LogP contribution is 2.77. The van der Waals surface area contributed by atoms with E-state index in [1.165, 1.54) is 25.7 Å². The summed E-state index contributed by atoms with van der Waals surface area (Å²) in [7, 11) is 0. The minimum Gasteiger partial charge on any atom is -0.422 e. The topological polar surface area (TPSA) is 51.4 Å². The highest BCUT2D eigenvalue weighted by molar-refractivity contribution is 5.93. The van der Waals surface area contributed by atoms with Crippen molar-refractivity contribution in [3.8, 4) is 0 Å². The fourth-order valence-corrected chi connectivity index (χ4v) is 7.62. The second-order valence-corrected chi connectivity index (χ2v) is 10.0. The van der Waals surface area contributed by atoms with Gasteiger partial charge in [0.1, 0.15) is 17.8 Å². The van der Waals surface area contributed by atoms with Crippen molar-refractivity contribution in [1.82, 2.24) is 0 Å². The first-order chi connectivity index (χ1) is 11.3. The fourth-order valence-electron chi connectivity index (χ4n) is 7.62. The van der Waals surface area contributed by atoms with Crippen LogP contribution in [0.15, 0.2) is 11.1 Å². The van der Waals surface area contributed by atoms with Gasteiger partial charge in [-0.05, 0) is 49.4 Å². The Balaban J connectivity index is 1.49. The number of hydrogen-bond acceptors (Lipinski definition) is 4. The van der Waals surface area contributed by atoms with Gasteiger partial charge in [-0.1, -0.05) is 27.2 Å². The van der Waals surface area contributed by atoms with E-state index in [-0.39, 0.29) is 29.2 Å². The zero-order chi connectivity index (χ0) is 16.7. The van der Waals surface area contributed by atoms with Gasteiger partial charge in [-0.2, -0.15) is 0 Å². The first kappa shape index (κ1) is 14.3. The van der Waals surface area contributed by atoms with Gasteiger partial charge in [0.2, 0.25) is 0 Å². The largest absolute Gasteiger partial charge is 0.422 e. The van der Waals surface area contributed by atoms with Crippen LogP contribution in [0.4, 0.5) is 0 Å². The lowest BCUT2D eigenvalue weighted by molar-refractivity contribution is -0.147. The van der Waals surface area contributed by atoms with Gasteiger partial charge in [0.05, 0.1) is 0 Å². The summed E-state index contributed by atoms with van der Waals surface area (Å²) >= 11 is 0. The average molecular weight is 330 g/mol. The molecular formula is C20H26O4. The minimum absolute atomic E-state index is 0.00866. The molecule has 3 heterocycles. The Morgan fingerprint density at radius 1 is 1.08 bits per heavy atom. The molecule has 7 atom stereocenters. The third kappa shape index (κ3) is 1.27. The fraction of sp³-hybridized carbons (Fsp3) is 0.850. The zero-order valence-corrected chi connectivity index (χ0v) is 15.0. The molecule has 3 saturated carbocycles. The van der Waals surface area contributed by atoms with Gasteiger partial charge in [-0.15, -0.1) is 0 Å². The molecule has 4 nitrogen and oxygen atoms in total. The van der Waals surface area contributed by atoms with Crippen molar-refractivity contribution in [3.63, 3.8) is 0 Å². The lowest BCUT2D eigenvalue weighted by Crippen LogP contribution is -2.59. The third-order valence-electron chi connectivity index (χ3n) is 8.57. The summed E-state index contributed by atoms with van der Waals surface area (Å²) < 4.78 is 18.4. The molecule has 4 heteroatoms. The Morgan fingerprint density at radius 2 is 1.88 bits per heavy atom. The molecule has 0 radical (unpaired) electrons. The maximum absolute atomic E-state index is 12.2. The zero-order valence-electron chi connectivity index (χ0n) is 15.0. The molecule has 0 aromatic carbocycles. The van der Waals surface area contributed by atoms with E-state index >= 15 is 0 Å². The number of hydrogen-bond donors (Lipinski definition) is 0. The van der Waals surface area contributed by atoms with Crippen molar-refractivity contribution in [2.75, 3.05) is 0 Å². The molecule has 0 bridgehead atoms. The summed E-state index contributed by atoms with van der Waals surface area (Å²) in [6.07, 6.45) is 6.23. The lowest BCUT2D eigenvalue weighted by atomic mass is 9.44. The van der Waals surface area contributed by atoms with Crippen molar-refractivity contribution in [2.45, 2.75) is 83.4 Å². The third-order valence-corrected chi connectivity index (χ3v) is 8.57. The molecule has 0 amide bonds. The van der Waals surface area contributed by atoms with E-state index in [1.807, 2.05) is 6.92 Å². The van der Waals surface area contributed by atoms with E-state index in [0.717, 1.165) is 17.6 Å². The normalized spacial score (nSPS) is 58.8. The number of esters is 1. The van der Waals surface area contributed by atoms with Gasteiger partial charge >= 0.3 is 5.97 Å². The molecule has 0 N–H and O–H groups in total. The predicted octanol–water partition coefficient (Wildman–Crippen LogP) is 3.35. The highest BCUT2D eigenvalue weighted by Gasteiger charge is 2.88. The molecule has 2 spiro atoms. The molecule has 2 saturated heterocycles. The molecule has 0 aromatic rings. The summed E-state index contributed by atoms with van der Waals surface area (Å²) in [5.41, 5.74) is 2.25. The monoisotopic (exact) mass is 330 g/mol. The Kier molecular flexibility index (Phi) is 2.17. The first-order valence-corrected chi connectivity index (χ1v) is 9.56. The molecule has 24 heavy (non-hydrogen) atoms. The van der Waals surface area contributed by atoms with Crippen LogP contribution in [-0.2, 0) is 19.0 Å². The molecule has 0 aromatic heterocycles. The Morgan fingerprint density at radius 3 is 2.67 bits per heavy atom. The van der Waals surface area contributed by atoms with Crippen LogP contribution in [0.25, 0.3) is 0 Å². The van der Waals surface area contributed by atoms with Gasteiger partial charge in [0, 0.05) is 17.1 Å². The number of epoxide rings is 2. The SMILES string of the molecule is CC1=C2[C@H]3OC34CC[C@@H]3C(C)(C)CCC[C@@]3(C)[C@@H]4[C@H]3O[C@@]23OC1=O. The second-order valence-electron chi connectivity index (χ2n) is 10.0. The average Bonchev–Trinajstić information content (AvgIpc) is 3.34. The van der Waals surface area contributed by atoms with Crippen LogP contribution in [0.3, 0.4) is 0 Å². The first-order valence-electron chi connectivity index (χ1n) is 9.56. The number of ether oxygens (including phenoxy) is 3. The van der Waals surface area contributed by atoms with Gasteiger partial charge in [0.25, 0.3) is 5.79 Å². The molecule has 130 valence electrons. The van der Waals surface area contributed by atoms with Gasteiger partial charge in [-0.3, -0.25) is 0 Å². The van der Waals surface area contributed by atoms with Crippen LogP contribution in [0.5, 0.6) is 0 Å². The van der Waals surface area contributed by atoms with Crippen LogP contribution >= 0.6 is 0 Å². The lowest BCUT2D eigenvalue weighted by Gasteiger charge is -2.59. The van der Waals surface area contributed by atoms with Crippen LogP contribution in [0.2, 0.25) is 0 Å². The van der Waals surface area contributed by atoms with Crippen LogP contribution < -0.4 is 0 Å². The highest BCUT2D eigenvalue weighted by atomic mass is 16.8.